The van der Waals surface area contributed by atoms with Gasteiger partial charge in [0.2, 0.25) is 20.0 Å². The highest BCUT2D eigenvalue weighted by atomic mass is 32.2. The zero-order chi connectivity index (χ0) is 43.1. The fourth-order valence-corrected chi connectivity index (χ4v) is 8.24. The zero-order valence-corrected chi connectivity index (χ0v) is 34.6. The lowest BCUT2D eigenvalue weighted by molar-refractivity contribution is -0.138. The van der Waals surface area contributed by atoms with Crippen LogP contribution in [0.4, 0.5) is 5.69 Å². The van der Waals surface area contributed by atoms with Gasteiger partial charge < -0.3 is 35.4 Å². The van der Waals surface area contributed by atoms with Gasteiger partial charge in [0, 0.05) is 50.7 Å². The molecule has 0 fully saturated rings. The molecule has 20 heteroatoms. The Labute approximate surface area is 348 Å². The van der Waals surface area contributed by atoms with Gasteiger partial charge in [0.25, 0.3) is 5.91 Å². The van der Waals surface area contributed by atoms with Crippen LogP contribution in [0, 0.1) is 5.92 Å². The first-order valence-corrected chi connectivity index (χ1v) is 22.2. The number of Topliss-reactive ketones (excluding diaryl/α,β-unsaturated/α-hetero) is 1. The van der Waals surface area contributed by atoms with Gasteiger partial charge in [0.1, 0.15) is 17.6 Å². The van der Waals surface area contributed by atoms with Crippen LogP contribution in [0.5, 0.6) is 0 Å². The van der Waals surface area contributed by atoms with Crippen molar-refractivity contribution in [3.63, 3.8) is 0 Å². The number of nitrogens with one attached hydrogen (secondary N) is 4. The summed E-state index contributed by atoms with van der Waals surface area (Å²) in [5, 5.41) is 12.3. The number of ketones is 1. The Bertz CT molecular complexity index is 2320. The Balaban J connectivity index is 1.10. The summed E-state index contributed by atoms with van der Waals surface area (Å²) < 4.78 is 73.0. The number of fused-ring (bicyclic) bond motifs is 1. The number of aromatic amines is 1. The van der Waals surface area contributed by atoms with Gasteiger partial charge >= 0.3 is 5.97 Å². The number of rotatable bonds is 25. The van der Waals surface area contributed by atoms with Gasteiger partial charge in [-0.2, -0.15) is 4.72 Å². The van der Waals surface area contributed by atoms with E-state index in [2.05, 4.69) is 29.7 Å². The van der Waals surface area contributed by atoms with Crippen molar-refractivity contribution in [3.8, 4) is 11.1 Å². The van der Waals surface area contributed by atoms with E-state index < -0.39 is 50.4 Å². The van der Waals surface area contributed by atoms with Gasteiger partial charge in [-0.3, -0.25) is 14.4 Å². The van der Waals surface area contributed by atoms with E-state index in [9.17, 15) is 36.3 Å². The number of imidazole rings is 1. The summed E-state index contributed by atoms with van der Waals surface area (Å²) >= 11 is 0. The Morgan fingerprint density at radius 2 is 1.45 bits per heavy atom. The molecule has 18 nitrogen and oxygen atoms in total. The monoisotopic (exact) mass is 867 g/mol. The van der Waals surface area contributed by atoms with Crippen molar-refractivity contribution in [2.45, 2.75) is 42.0 Å². The number of hydrogen-bond acceptors (Lipinski definition) is 13. The van der Waals surface area contributed by atoms with Crippen LogP contribution < -0.4 is 20.5 Å². The quantitative estimate of drug-likeness (QED) is 0.0523. The van der Waals surface area contributed by atoms with Crippen molar-refractivity contribution >= 4 is 49.1 Å². The first-order chi connectivity index (χ1) is 28.8. The van der Waals surface area contributed by atoms with Gasteiger partial charge in [0.05, 0.1) is 47.8 Å². The van der Waals surface area contributed by atoms with E-state index in [1.807, 2.05) is 0 Å². The molecule has 3 aromatic carbocycles. The van der Waals surface area contributed by atoms with Crippen LogP contribution in [0.25, 0.3) is 11.1 Å². The van der Waals surface area contributed by atoms with E-state index >= 15 is 0 Å². The summed E-state index contributed by atoms with van der Waals surface area (Å²) in [5.74, 6) is -2.94. The lowest BCUT2D eigenvalue weighted by atomic mass is 9.89. The Hall–Kier alpha value is -5.19. The first-order valence-electron chi connectivity index (χ1n) is 19.2. The van der Waals surface area contributed by atoms with Crippen LogP contribution in [-0.2, 0) is 50.3 Å². The van der Waals surface area contributed by atoms with Crippen molar-refractivity contribution in [2.24, 2.45) is 16.6 Å². The lowest BCUT2D eigenvalue weighted by Gasteiger charge is -2.22. The SMILES string of the molecule is CC1C(=O)c2ccc(Cc3ncc[nH]3)cc2N=C1C(=O)NCC(NS(=O)(=O)c1ccc(-c2ccc(S(=O)(=O)NCCCOCCOCCOCCCN)cc2)cc1)C(=O)O. The number of aromatic nitrogens is 2. The number of carboxylic acids is 1. The van der Waals surface area contributed by atoms with Crippen LogP contribution in [0.1, 0.15) is 41.5 Å². The number of nitrogens with two attached hydrogens (primary N) is 1. The van der Waals surface area contributed by atoms with E-state index in [4.69, 9.17) is 19.9 Å². The minimum atomic E-state index is -4.40. The highest BCUT2D eigenvalue weighted by Crippen LogP contribution is 2.30. The molecule has 0 bridgehead atoms. The summed E-state index contributed by atoms with van der Waals surface area (Å²) in [5.41, 5.74) is 7.86. The summed E-state index contributed by atoms with van der Waals surface area (Å²) in [6, 6.07) is 14.9. The third kappa shape index (κ3) is 12.9. The van der Waals surface area contributed by atoms with Crippen molar-refractivity contribution < 1.29 is 50.5 Å². The van der Waals surface area contributed by atoms with E-state index in [1.165, 1.54) is 43.3 Å². The minimum Gasteiger partial charge on any atom is -0.480 e. The Morgan fingerprint density at radius 1 is 0.850 bits per heavy atom. The highest BCUT2D eigenvalue weighted by Gasteiger charge is 2.33. The summed E-state index contributed by atoms with van der Waals surface area (Å²) in [4.78, 5) is 49.9. The van der Waals surface area contributed by atoms with E-state index in [0.29, 0.717) is 81.5 Å². The van der Waals surface area contributed by atoms with E-state index in [-0.39, 0.29) is 33.5 Å². The molecule has 2 unspecified atom stereocenters. The Kier molecular flexibility index (Phi) is 16.7. The van der Waals surface area contributed by atoms with E-state index in [1.54, 1.807) is 42.7 Å². The topological polar surface area (TPSA) is 271 Å². The first kappa shape index (κ1) is 45.9. The molecule has 1 aliphatic heterocycles. The molecule has 1 aromatic heterocycles. The molecule has 0 aliphatic carbocycles. The molecule has 322 valence electrons. The maximum Gasteiger partial charge on any atom is 0.323 e. The molecule has 60 heavy (non-hydrogen) atoms. The van der Waals surface area contributed by atoms with Gasteiger partial charge in [-0.25, -0.2) is 31.5 Å². The maximum atomic E-state index is 13.3. The van der Waals surface area contributed by atoms with Crippen molar-refractivity contribution in [1.82, 2.24) is 24.7 Å². The fourth-order valence-electron chi connectivity index (χ4n) is 5.97. The molecule has 2 heterocycles. The summed E-state index contributed by atoms with van der Waals surface area (Å²) in [6.45, 7) is 4.26. The molecule has 1 amide bonds. The molecule has 0 radical (unpaired) electrons. The average Bonchev–Trinajstić information content (AvgIpc) is 3.75. The minimum absolute atomic E-state index is 0.0427. The number of benzene rings is 3. The number of aliphatic carboxylic acids is 1. The van der Waals surface area contributed by atoms with Crippen LogP contribution in [0.3, 0.4) is 0 Å². The predicted octanol–water partition coefficient (Wildman–Crippen LogP) is 2.19. The number of H-pyrrole nitrogens is 1. The van der Waals surface area contributed by atoms with E-state index in [0.717, 1.165) is 12.0 Å². The third-order valence-electron chi connectivity index (χ3n) is 9.25. The normalized spacial score (nSPS) is 14.7. The molecule has 0 spiro atoms. The number of amides is 1. The van der Waals surface area contributed by atoms with Crippen molar-refractivity contribution in [3.05, 3.63) is 96.1 Å². The average molecular weight is 868 g/mol. The standard InChI is InChI=1S/C40H49N7O11S2/c1-27-37(46-34-24-28(4-13-33(34)38(27)48)25-36-42-16-17-43-36)39(49)44-26-35(40(50)51)47-60(54,55)32-11-7-30(8-12-32)29-5-9-31(10-6-29)59(52,53)45-15-3-19-57-21-23-58-22-20-56-18-2-14-41/h4-13,16-17,24,27,35,45,47H,2-3,14-15,18-23,25-26,41H2,1H3,(H,42,43)(H,44,49)(H,50,51). The largest absolute Gasteiger partial charge is 0.480 e. The second-order valence-electron chi connectivity index (χ2n) is 13.6. The smallest absolute Gasteiger partial charge is 0.323 e. The number of carbonyl (C=O) groups is 3. The number of ether oxygens (including phenoxy) is 3. The highest BCUT2D eigenvalue weighted by molar-refractivity contribution is 7.89. The molecular formula is C40H49N7O11S2. The lowest BCUT2D eigenvalue weighted by Crippen LogP contribution is -2.50. The Morgan fingerprint density at radius 3 is 2.03 bits per heavy atom. The number of carboxylic acid groups (broad SMARTS) is 1. The molecular weight excluding hydrogens is 819 g/mol. The van der Waals surface area contributed by atoms with Gasteiger partial charge in [-0.1, -0.05) is 30.3 Å². The second-order valence-corrected chi connectivity index (χ2v) is 17.1. The van der Waals surface area contributed by atoms with Crippen molar-refractivity contribution in [2.75, 3.05) is 59.3 Å². The van der Waals surface area contributed by atoms with Crippen LogP contribution in [0.15, 0.2) is 93.9 Å². The third-order valence-corrected chi connectivity index (χ3v) is 12.2. The van der Waals surface area contributed by atoms with Crippen LogP contribution in [0.2, 0.25) is 0 Å². The molecule has 5 rings (SSSR count). The second kappa shape index (κ2) is 21.9. The number of nitrogens with zero attached hydrogens (tertiary/aromatic N) is 2. The number of carbonyl (C=O) groups excluding carboxylic acids is 2. The van der Waals surface area contributed by atoms with Crippen LogP contribution in [-0.4, -0.2) is 121 Å². The van der Waals surface area contributed by atoms with Crippen molar-refractivity contribution in [1.29, 1.82) is 0 Å². The molecule has 4 aromatic rings. The number of aliphatic imine (C=N–C) groups is 1. The molecule has 1 aliphatic rings. The summed E-state index contributed by atoms with van der Waals surface area (Å²) in [7, 11) is -8.20. The predicted molar refractivity (Wildman–Crippen MR) is 221 cm³/mol. The van der Waals surface area contributed by atoms with Crippen LogP contribution >= 0.6 is 0 Å². The zero-order valence-electron chi connectivity index (χ0n) is 33.0. The molecule has 0 saturated heterocycles. The van der Waals surface area contributed by atoms with Gasteiger partial charge in [-0.05, 0) is 79.4 Å². The number of hydrogen-bond donors (Lipinski definition) is 6. The maximum absolute atomic E-state index is 13.3. The molecule has 2 atom stereocenters. The molecule has 7 N–H and O–H groups in total. The molecule has 0 saturated carbocycles. The fraction of sp³-hybridized carbons (Fsp3) is 0.375. The summed E-state index contributed by atoms with van der Waals surface area (Å²) in [6.07, 6.45) is 4.99. The van der Waals surface area contributed by atoms with Gasteiger partial charge in [0.15, 0.2) is 5.78 Å². The number of sulfonamides is 2. The van der Waals surface area contributed by atoms with Gasteiger partial charge in [-0.15, -0.1) is 0 Å².